The third-order valence-corrected chi connectivity index (χ3v) is 4.28. The average molecular weight is 336 g/mol. The van der Waals surface area contributed by atoms with E-state index in [9.17, 15) is 9.59 Å². The molecule has 2 heterocycles. The van der Waals surface area contributed by atoms with Crippen molar-refractivity contribution in [2.45, 2.75) is 24.9 Å². The number of benzene rings is 1. The van der Waals surface area contributed by atoms with Crippen LogP contribution in [0.4, 0.5) is 5.95 Å². The fourth-order valence-corrected chi connectivity index (χ4v) is 2.89. The fraction of sp³-hybridized carbons (Fsp3) is 0.235. The smallest absolute Gasteiger partial charge is 0.258 e. The summed E-state index contributed by atoms with van der Waals surface area (Å²) in [5.41, 5.74) is 0.784. The van der Waals surface area contributed by atoms with E-state index in [2.05, 4.69) is 30.6 Å². The van der Waals surface area contributed by atoms with Gasteiger partial charge in [0.05, 0.1) is 17.2 Å². The normalized spacial score (nSPS) is 19.2. The van der Waals surface area contributed by atoms with E-state index in [1.54, 1.807) is 36.7 Å². The molecular formula is C17H16N6O2. The molecule has 0 spiro atoms. The summed E-state index contributed by atoms with van der Waals surface area (Å²) in [7, 11) is 0. The zero-order chi connectivity index (χ0) is 17.2. The first-order valence-electron chi connectivity index (χ1n) is 8.01. The minimum absolute atomic E-state index is 0.108. The van der Waals surface area contributed by atoms with Crippen molar-refractivity contribution in [1.82, 2.24) is 25.3 Å². The quantitative estimate of drug-likeness (QED) is 0.657. The molecule has 1 aliphatic carbocycles. The minimum Gasteiger partial charge on any atom is -0.351 e. The van der Waals surface area contributed by atoms with Crippen molar-refractivity contribution in [3.63, 3.8) is 0 Å². The van der Waals surface area contributed by atoms with Gasteiger partial charge in [-0.1, -0.05) is 0 Å². The number of amides is 1. The van der Waals surface area contributed by atoms with Gasteiger partial charge in [-0.05, 0) is 37.1 Å². The van der Waals surface area contributed by atoms with Crippen molar-refractivity contribution in [1.29, 1.82) is 0 Å². The molecule has 0 atom stereocenters. The Morgan fingerprint density at radius 2 is 1.92 bits per heavy atom. The Labute approximate surface area is 142 Å². The maximum absolute atomic E-state index is 12.4. The van der Waals surface area contributed by atoms with E-state index < -0.39 is 0 Å². The lowest BCUT2D eigenvalue weighted by Gasteiger charge is -2.36. The molecule has 1 aliphatic rings. The largest absolute Gasteiger partial charge is 0.351 e. The van der Waals surface area contributed by atoms with Gasteiger partial charge in [0.1, 0.15) is 0 Å². The monoisotopic (exact) mass is 336 g/mol. The lowest BCUT2D eigenvalue weighted by Crippen LogP contribution is -2.49. The molecule has 1 amide bonds. The summed E-state index contributed by atoms with van der Waals surface area (Å²) in [6.07, 6.45) is 6.34. The minimum atomic E-state index is -0.215. The summed E-state index contributed by atoms with van der Waals surface area (Å²) in [5.74, 6) is 0.437. The molecule has 1 fully saturated rings. The highest BCUT2D eigenvalue weighted by Crippen LogP contribution is 2.23. The van der Waals surface area contributed by atoms with Crippen LogP contribution in [-0.2, 0) is 0 Å². The van der Waals surface area contributed by atoms with Crippen LogP contribution >= 0.6 is 0 Å². The van der Waals surface area contributed by atoms with E-state index in [1.165, 1.54) is 6.33 Å². The number of aromatic nitrogens is 4. The van der Waals surface area contributed by atoms with Crippen molar-refractivity contribution in [2.75, 3.05) is 5.32 Å². The topological polar surface area (TPSA) is 113 Å². The number of hydrogen-bond donors (Lipinski definition) is 3. The van der Waals surface area contributed by atoms with Gasteiger partial charge >= 0.3 is 0 Å². The summed E-state index contributed by atoms with van der Waals surface area (Å²) < 4.78 is 0. The predicted molar refractivity (Wildman–Crippen MR) is 92.3 cm³/mol. The van der Waals surface area contributed by atoms with E-state index in [0.717, 1.165) is 12.8 Å². The van der Waals surface area contributed by atoms with Crippen molar-refractivity contribution >= 4 is 22.8 Å². The molecule has 1 saturated carbocycles. The highest BCUT2D eigenvalue weighted by molar-refractivity contribution is 5.97. The van der Waals surface area contributed by atoms with Gasteiger partial charge in [0.25, 0.3) is 11.5 Å². The number of anilines is 1. The van der Waals surface area contributed by atoms with E-state index in [1.807, 2.05) is 0 Å². The summed E-state index contributed by atoms with van der Waals surface area (Å²) in [6, 6.07) is 7.02. The Morgan fingerprint density at radius 3 is 2.72 bits per heavy atom. The molecule has 8 heteroatoms. The fourth-order valence-electron chi connectivity index (χ4n) is 2.89. The van der Waals surface area contributed by atoms with Crippen molar-refractivity contribution in [2.24, 2.45) is 0 Å². The molecule has 0 unspecified atom stereocenters. The molecule has 3 aromatic rings. The second-order valence-electron chi connectivity index (χ2n) is 6.02. The second-order valence-corrected chi connectivity index (χ2v) is 6.02. The Kier molecular flexibility index (Phi) is 3.85. The number of fused-ring (bicyclic) bond motifs is 1. The number of rotatable bonds is 4. The maximum atomic E-state index is 12.4. The zero-order valence-corrected chi connectivity index (χ0v) is 13.3. The molecule has 126 valence electrons. The van der Waals surface area contributed by atoms with Crippen molar-refractivity contribution < 1.29 is 4.79 Å². The van der Waals surface area contributed by atoms with Crippen LogP contribution in [0.3, 0.4) is 0 Å². The third kappa shape index (κ3) is 3.18. The number of H-pyrrole nitrogens is 1. The van der Waals surface area contributed by atoms with Gasteiger partial charge in [0, 0.05) is 30.0 Å². The van der Waals surface area contributed by atoms with Crippen LogP contribution < -0.4 is 16.2 Å². The van der Waals surface area contributed by atoms with Crippen molar-refractivity contribution in [3.8, 4) is 0 Å². The standard InChI is InChI=1S/C17H16N6O2/c24-15(10-2-3-13-14(6-10)20-9-21-16(13)25)22-11-7-12(8-11)23-17-18-4-1-5-19-17/h1-6,9,11-12H,7-8H2,(H,22,24)(H,18,19,23)(H,20,21,25). The third-order valence-electron chi connectivity index (χ3n) is 4.28. The van der Waals surface area contributed by atoms with E-state index in [-0.39, 0.29) is 23.6 Å². The summed E-state index contributed by atoms with van der Waals surface area (Å²) in [5, 5.41) is 6.69. The van der Waals surface area contributed by atoms with Crippen LogP contribution in [0.15, 0.2) is 47.8 Å². The molecule has 4 rings (SSSR count). The summed E-state index contributed by atoms with van der Waals surface area (Å²) >= 11 is 0. The van der Waals surface area contributed by atoms with E-state index in [4.69, 9.17) is 0 Å². The predicted octanol–water partition coefficient (Wildman–Crippen LogP) is 1.09. The van der Waals surface area contributed by atoms with Gasteiger partial charge in [-0.15, -0.1) is 0 Å². The Hall–Kier alpha value is -3.29. The molecule has 0 aliphatic heterocycles. The second kappa shape index (κ2) is 6.31. The molecule has 0 bridgehead atoms. The first kappa shape index (κ1) is 15.3. The molecule has 8 nitrogen and oxygen atoms in total. The van der Waals surface area contributed by atoms with Gasteiger partial charge in [-0.25, -0.2) is 15.0 Å². The number of nitrogens with zero attached hydrogens (tertiary/aromatic N) is 3. The van der Waals surface area contributed by atoms with E-state index >= 15 is 0 Å². The number of carbonyl (C=O) groups is 1. The van der Waals surface area contributed by atoms with Crippen molar-refractivity contribution in [3.05, 3.63) is 58.9 Å². The number of carbonyl (C=O) groups excluding carboxylic acids is 1. The van der Waals surface area contributed by atoms with Crippen LogP contribution in [0.1, 0.15) is 23.2 Å². The average Bonchev–Trinajstić information content (AvgIpc) is 2.60. The highest BCUT2D eigenvalue weighted by Gasteiger charge is 2.31. The maximum Gasteiger partial charge on any atom is 0.258 e. The van der Waals surface area contributed by atoms with Crippen LogP contribution in [-0.4, -0.2) is 37.9 Å². The zero-order valence-electron chi connectivity index (χ0n) is 13.3. The van der Waals surface area contributed by atoms with E-state index in [0.29, 0.717) is 22.4 Å². The molecule has 2 aromatic heterocycles. The van der Waals surface area contributed by atoms with Gasteiger partial charge in [-0.2, -0.15) is 0 Å². The lowest BCUT2D eigenvalue weighted by atomic mass is 9.86. The first-order valence-corrected chi connectivity index (χ1v) is 8.01. The van der Waals surface area contributed by atoms with Gasteiger partial charge in [0.15, 0.2) is 0 Å². The highest BCUT2D eigenvalue weighted by atomic mass is 16.1. The summed E-state index contributed by atoms with van der Waals surface area (Å²) in [4.78, 5) is 38.9. The lowest BCUT2D eigenvalue weighted by molar-refractivity contribution is 0.0913. The Bertz CT molecular complexity index is 966. The number of hydrogen-bond acceptors (Lipinski definition) is 6. The van der Waals surface area contributed by atoms with Crippen LogP contribution in [0.5, 0.6) is 0 Å². The molecule has 3 N–H and O–H groups in total. The first-order chi connectivity index (χ1) is 12.2. The van der Waals surface area contributed by atoms with Gasteiger partial charge in [0.2, 0.25) is 5.95 Å². The van der Waals surface area contributed by atoms with Crippen LogP contribution in [0.2, 0.25) is 0 Å². The SMILES string of the molecule is O=C(NC1CC(Nc2ncccn2)C1)c1ccc2c(=O)[nH]cnc2c1. The Balaban J connectivity index is 1.36. The Morgan fingerprint density at radius 1 is 1.12 bits per heavy atom. The molecule has 25 heavy (non-hydrogen) atoms. The summed E-state index contributed by atoms with van der Waals surface area (Å²) in [6.45, 7) is 0. The van der Waals surface area contributed by atoms with Gasteiger partial charge in [-0.3, -0.25) is 9.59 Å². The number of aromatic amines is 1. The van der Waals surface area contributed by atoms with Gasteiger partial charge < -0.3 is 15.6 Å². The van der Waals surface area contributed by atoms with Crippen LogP contribution in [0, 0.1) is 0 Å². The van der Waals surface area contributed by atoms with Crippen LogP contribution in [0.25, 0.3) is 10.9 Å². The molecule has 0 saturated heterocycles. The number of nitrogens with one attached hydrogen (secondary N) is 3. The molecule has 0 radical (unpaired) electrons. The molecular weight excluding hydrogens is 320 g/mol. The molecule has 1 aromatic carbocycles.